The van der Waals surface area contributed by atoms with Crippen molar-refractivity contribution in [2.45, 2.75) is 45.1 Å². The number of unbranched alkanes of at least 4 members (excludes halogenated alkanes) is 5. The minimum Gasteiger partial charge on any atom is -0.497 e. The zero-order valence-corrected chi connectivity index (χ0v) is 13.4. The minimum atomic E-state index is 0.587. The monoisotopic (exact) mass is 292 g/mol. The zero-order valence-electron chi connectivity index (χ0n) is 13.4. The number of methoxy groups -OCH3 is 2. The van der Waals surface area contributed by atoms with Crippen molar-refractivity contribution >= 4 is 0 Å². The molecule has 0 amide bonds. The second-order valence-corrected chi connectivity index (χ2v) is 5.08. The van der Waals surface area contributed by atoms with E-state index in [0.717, 1.165) is 36.5 Å². The highest BCUT2D eigenvalue weighted by atomic mass is 16.5. The van der Waals surface area contributed by atoms with Crippen molar-refractivity contribution in [3.8, 4) is 11.5 Å². The first-order valence-electron chi connectivity index (χ1n) is 7.71. The van der Waals surface area contributed by atoms with E-state index in [2.05, 4.69) is 6.58 Å². The molecule has 1 rings (SSSR count). The van der Waals surface area contributed by atoms with Crippen molar-refractivity contribution in [1.29, 1.82) is 0 Å². The summed E-state index contributed by atoms with van der Waals surface area (Å²) in [5.74, 6) is 1.62. The lowest BCUT2D eigenvalue weighted by molar-refractivity contribution is 0.115. The quantitative estimate of drug-likeness (QED) is 0.411. The summed E-state index contributed by atoms with van der Waals surface area (Å²) < 4.78 is 16.3. The van der Waals surface area contributed by atoms with Gasteiger partial charge in [0.05, 0.1) is 20.8 Å². The number of allylic oxidation sites excluding steroid dienone is 1. The van der Waals surface area contributed by atoms with Crippen LogP contribution in [0.1, 0.15) is 44.1 Å². The van der Waals surface area contributed by atoms with E-state index in [1.807, 2.05) is 24.3 Å². The molecule has 0 radical (unpaired) electrons. The molecule has 0 heterocycles. The van der Waals surface area contributed by atoms with Crippen molar-refractivity contribution in [3.63, 3.8) is 0 Å². The molecular weight excluding hydrogens is 264 g/mol. The van der Waals surface area contributed by atoms with Crippen LogP contribution in [0.2, 0.25) is 0 Å². The number of hydrogen-bond donors (Lipinski definition) is 0. The molecule has 0 atom stereocenters. The van der Waals surface area contributed by atoms with E-state index in [1.54, 1.807) is 14.2 Å². The van der Waals surface area contributed by atoms with Crippen LogP contribution >= 0.6 is 0 Å². The highest BCUT2D eigenvalue weighted by Crippen LogP contribution is 2.25. The van der Waals surface area contributed by atoms with Gasteiger partial charge in [-0.25, -0.2) is 0 Å². The van der Waals surface area contributed by atoms with Crippen LogP contribution in [0.4, 0.5) is 0 Å². The van der Waals surface area contributed by atoms with Gasteiger partial charge >= 0.3 is 0 Å². The number of ether oxygens (including phenoxy) is 3. The molecule has 0 aliphatic rings. The van der Waals surface area contributed by atoms with Crippen molar-refractivity contribution in [2.24, 2.45) is 0 Å². The summed E-state index contributed by atoms with van der Waals surface area (Å²) in [6.07, 6.45) is 9.30. The van der Waals surface area contributed by atoms with Crippen LogP contribution in [0.25, 0.3) is 0 Å². The Morgan fingerprint density at radius 2 is 1.76 bits per heavy atom. The van der Waals surface area contributed by atoms with Crippen molar-refractivity contribution < 1.29 is 14.2 Å². The van der Waals surface area contributed by atoms with Crippen LogP contribution < -0.4 is 9.47 Å². The Hall–Kier alpha value is -1.48. The maximum atomic E-state index is 5.73. The van der Waals surface area contributed by atoms with E-state index in [-0.39, 0.29) is 0 Å². The van der Waals surface area contributed by atoms with Gasteiger partial charge in [-0.05, 0) is 31.4 Å². The molecule has 21 heavy (non-hydrogen) atoms. The van der Waals surface area contributed by atoms with Crippen molar-refractivity contribution in [3.05, 3.63) is 36.4 Å². The van der Waals surface area contributed by atoms with Crippen LogP contribution in [0.5, 0.6) is 11.5 Å². The predicted octanol–water partition coefficient (Wildman–Crippen LogP) is 4.75. The van der Waals surface area contributed by atoms with Crippen LogP contribution in [0, 0.1) is 0 Å². The third kappa shape index (κ3) is 7.19. The normalized spacial score (nSPS) is 10.4. The van der Waals surface area contributed by atoms with Crippen LogP contribution in [0.15, 0.2) is 30.9 Å². The molecule has 0 spiro atoms. The number of benzene rings is 1. The zero-order chi connectivity index (χ0) is 15.3. The summed E-state index contributed by atoms with van der Waals surface area (Å²) in [4.78, 5) is 0. The third-order valence-electron chi connectivity index (χ3n) is 3.45. The highest BCUT2D eigenvalue weighted by Gasteiger charge is 2.04. The highest BCUT2D eigenvalue weighted by molar-refractivity contribution is 5.40. The Labute approximate surface area is 128 Å². The maximum Gasteiger partial charge on any atom is 0.128 e. The average molecular weight is 292 g/mol. The van der Waals surface area contributed by atoms with Gasteiger partial charge in [0, 0.05) is 18.2 Å². The smallest absolute Gasteiger partial charge is 0.128 e. The second-order valence-electron chi connectivity index (χ2n) is 5.08. The molecule has 0 aliphatic carbocycles. The first kappa shape index (κ1) is 17.6. The van der Waals surface area contributed by atoms with E-state index >= 15 is 0 Å². The van der Waals surface area contributed by atoms with Gasteiger partial charge in [-0.15, -0.1) is 6.58 Å². The number of rotatable bonds is 12. The molecule has 3 heteroatoms. The molecule has 0 unspecified atom stereocenters. The summed E-state index contributed by atoms with van der Waals surface area (Å²) in [5, 5.41) is 0. The summed E-state index contributed by atoms with van der Waals surface area (Å²) in [6.45, 7) is 5.12. The second kappa shape index (κ2) is 11.2. The Morgan fingerprint density at radius 1 is 1.00 bits per heavy atom. The fourth-order valence-corrected chi connectivity index (χ4v) is 2.18. The van der Waals surface area contributed by atoms with Crippen LogP contribution in [-0.2, 0) is 11.3 Å². The Morgan fingerprint density at radius 3 is 2.48 bits per heavy atom. The molecule has 0 fully saturated rings. The van der Waals surface area contributed by atoms with Gasteiger partial charge < -0.3 is 14.2 Å². The molecule has 0 bridgehead atoms. The first-order valence-corrected chi connectivity index (χ1v) is 7.71. The van der Waals surface area contributed by atoms with Gasteiger partial charge in [-0.2, -0.15) is 0 Å². The van der Waals surface area contributed by atoms with Crippen molar-refractivity contribution in [1.82, 2.24) is 0 Å². The van der Waals surface area contributed by atoms with Crippen molar-refractivity contribution in [2.75, 3.05) is 20.8 Å². The Bertz CT molecular complexity index is 401. The summed E-state index contributed by atoms with van der Waals surface area (Å²) >= 11 is 0. The van der Waals surface area contributed by atoms with E-state index in [0.29, 0.717) is 6.61 Å². The van der Waals surface area contributed by atoms with Gasteiger partial charge in [0.1, 0.15) is 11.5 Å². The average Bonchev–Trinajstić information content (AvgIpc) is 2.53. The van der Waals surface area contributed by atoms with E-state index in [1.165, 1.54) is 25.7 Å². The molecule has 0 aliphatic heterocycles. The summed E-state index contributed by atoms with van der Waals surface area (Å²) in [6, 6.07) is 5.81. The van der Waals surface area contributed by atoms with Gasteiger partial charge in [0.15, 0.2) is 0 Å². The molecule has 1 aromatic carbocycles. The molecule has 3 nitrogen and oxygen atoms in total. The molecule has 0 saturated carbocycles. The summed E-state index contributed by atoms with van der Waals surface area (Å²) in [7, 11) is 3.32. The fourth-order valence-electron chi connectivity index (χ4n) is 2.18. The first-order chi connectivity index (χ1) is 10.3. The third-order valence-corrected chi connectivity index (χ3v) is 3.45. The lowest BCUT2D eigenvalue weighted by Gasteiger charge is -2.11. The molecule has 118 valence electrons. The van der Waals surface area contributed by atoms with Gasteiger partial charge in [-0.3, -0.25) is 0 Å². The van der Waals surface area contributed by atoms with Crippen LogP contribution in [0.3, 0.4) is 0 Å². The van der Waals surface area contributed by atoms with Gasteiger partial charge in [-0.1, -0.05) is 25.3 Å². The lowest BCUT2D eigenvalue weighted by atomic mass is 10.1. The Balaban J connectivity index is 2.16. The lowest BCUT2D eigenvalue weighted by Crippen LogP contribution is -1.99. The standard InChI is InChI=1S/C18H28O3/c1-4-5-6-7-8-9-10-13-21-15-16-11-12-17(19-2)14-18(16)20-3/h4,11-12,14H,1,5-10,13,15H2,2-3H3. The Kier molecular flexibility index (Phi) is 9.38. The maximum absolute atomic E-state index is 5.73. The summed E-state index contributed by atoms with van der Waals surface area (Å²) in [5.41, 5.74) is 1.06. The fraction of sp³-hybridized carbons (Fsp3) is 0.556. The van der Waals surface area contributed by atoms with E-state index in [4.69, 9.17) is 14.2 Å². The molecule has 1 aromatic rings. The van der Waals surface area contributed by atoms with Crippen LogP contribution in [-0.4, -0.2) is 20.8 Å². The molecule has 0 N–H and O–H groups in total. The SMILES string of the molecule is C=CCCCCCCCOCc1ccc(OC)cc1OC. The minimum absolute atomic E-state index is 0.587. The number of hydrogen-bond acceptors (Lipinski definition) is 3. The van der Waals surface area contributed by atoms with E-state index < -0.39 is 0 Å². The molecule has 0 saturated heterocycles. The van der Waals surface area contributed by atoms with Gasteiger partial charge in [0.2, 0.25) is 0 Å². The largest absolute Gasteiger partial charge is 0.497 e. The molecular formula is C18H28O3. The van der Waals surface area contributed by atoms with E-state index in [9.17, 15) is 0 Å². The predicted molar refractivity (Wildman–Crippen MR) is 87.1 cm³/mol. The topological polar surface area (TPSA) is 27.7 Å². The molecule has 0 aromatic heterocycles. The van der Waals surface area contributed by atoms with Gasteiger partial charge in [0.25, 0.3) is 0 Å².